The number of rotatable bonds is 3. The smallest absolute Gasteiger partial charge is 0.258 e. The molecule has 1 aliphatic carbocycles. The van der Waals surface area contributed by atoms with Gasteiger partial charge < -0.3 is 4.74 Å². The summed E-state index contributed by atoms with van der Waals surface area (Å²) in [4.78, 5) is 0. The van der Waals surface area contributed by atoms with E-state index in [0.717, 1.165) is 21.1 Å². The first kappa shape index (κ1) is 12.0. The van der Waals surface area contributed by atoms with Crippen LogP contribution in [0.5, 0.6) is 5.88 Å². The second-order valence-corrected chi connectivity index (χ2v) is 5.84. The predicted octanol–water partition coefficient (Wildman–Crippen LogP) is 3.33. The van der Waals surface area contributed by atoms with E-state index >= 15 is 0 Å². The Morgan fingerprint density at radius 2 is 2.10 bits per heavy atom. The van der Waals surface area contributed by atoms with Gasteiger partial charge in [0.05, 0.1) is 24.9 Å². The molecule has 1 saturated carbocycles. The predicted molar refractivity (Wildman–Crippen MR) is 79.4 cm³/mol. The molecule has 4 rings (SSSR count). The highest BCUT2D eigenvalue weighted by atomic mass is 79.9. The summed E-state index contributed by atoms with van der Waals surface area (Å²) < 4.78 is 10.2. The molecule has 1 aromatic carbocycles. The fourth-order valence-corrected chi connectivity index (χ4v) is 2.78. The molecule has 0 saturated heterocycles. The minimum Gasteiger partial charge on any atom is -0.478 e. The summed E-state index contributed by atoms with van der Waals surface area (Å²) in [6, 6.07) is 6.51. The maximum absolute atomic E-state index is 5.38. The second-order valence-electron chi connectivity index (χ2n) is 4.98. The van der Waals surface area contributed by atoms with Gasteiger partial charge >= 0.3 is 0 Å². The number of halogens is 1. The van der Waals surface area contributed by atoms with Crippen LogP contribution in [0.2, 0.25) is 0 Å². The van der Waals surface area contributed by atoms with Crippen LogP contribution >= 0.6 is 15.9 Å². The second kappa shape index (κ2) is 4.34. The van der Waals surface area contributed by atoms with Crippen LogP contribution in [0.25, 0.3) is 16.6 Å². The number of aromatic nitrogens is 4. The van der Waals surface area contributed by atoms with Crippen LogP contribution in [0.4, 0.5) is 0 Å². The lowest BCUT2D eigenvalue weighted by Crippen LogP contribution is -1.95. The van der Waals surface area contributed by atoms with Gasteiger partial charge in [0.1, 0.15) is 5.69 Å². The molecule has 1 aliphatic rings. The van der Waals surface area contributed by atoms with Gasteiger partial charge in [-0.05, 0) is 25.0 Å². The number of methoxy groups -OCH3 is 1. The van der Waals surface area contributed by atoms with E-state index in [1.54, 1.807) is 7.11 Å². The van der Waals surface area contributed by atoms with Crippen molar-refractivity contribution in [1.82, 2.24) is 19.6 Å². The molecule has 0 aliphatic heterocycles. The molecule has 5 nitrogen and oxygen atoms in total. The molecule has 3 aromatic rings. The summed E-state index contributed by atoms with van der Waals surface area (Å²) in [5.41, 5.74) is 1.82. The molecule has 0 unspecified atom stereocenters. The van der Waals surface area contributed by atoms with Crippen LogP contribution in [-0.2, 0) is 0 Å². The minimum absolute atomic E-state index is 0.523. The topological polar surface area (TPSA) is 44.9 Å². The van der Waals surface area contributed by atoms with Crippen LogP contribution in [-0.4, -0.2) is 26.7 Å². The van der Waals surface area contributed by atoms with Gasteiger partial charge in [0.2, 0.25) is 0 Å². The van der Waals surface area contributed by atoms with Crippen molar-refractivity contribution in [3.63, 3.8) is 0 Å². The largest absolute Gasteiger partial charge is 0.478 e. The lowest BCUT2D eigenvalue weighted by atomic mass is 10.3. The van der Waals surface area contributed by atoms with Crippen molar-refractivity contribution in [2.75, 3.05) is 7.11 Å². The molecule has 102 valence electrons. The highest BCUT2D eigenvalue weighted by Crippen LogP contribution is 2.36. The Labute approximate surface area is 124 Å². The number of nitrogens with zero attached hydrogens (tertiary/aromatic N) is 4. The van der Waals surface area contributed by atoms with Crippen molar-refractivity contribution in [2.45, 2.75) is 18.9 Å². The maximum atomic E-state index is 5.38. The highest BCUT2D eigenvalue weighted by Gasteiger charge is 2.26. The van der Waals surface area contributed by atoms with Gasteiger partial charge in [0.15, 0.2) is 0 Å². The van der Waals surface area contributed by atoms with E-state index in [1.165, 1.54) is 12.8 Å². The summed E-state index contributed by atoms with van der Waals surface area (Å²) in [5.74, 6) is 0.612. The number of benzene rings is 1. The molecule has 6 heteroatoms. The summed E-state index contributed by atoms with van der Waals surface area (Å²) in [5, 5.41) is 10.2. The van der Waals surface area contributed by atoms with E-state index in [1.807, 2.05) is 40.0 Å². The van der Waals surface area contributed by atoms with Crippen molar-refractivity contribution in [3.05, 3.63) is 35.1 Å². The van der Waals surface area contributed by atoms with E-state index in [2.05, 4.69) is 26.1 Å². The van der Waals surface area contributed by atoms with E-state index in [-0.39, 0.29) is 0 Å². The van der Waals surface area contributed by atoms with Crippen molar-refractivity contribution in [2.24, 2.45) is 0 Å². The Morgan fingerprint density at radius 3 is 2.80 bits per heavy atom. The number of fused-ring (bicyclic) bond motifs is 1. The zero-order valence-corrected chi connectivity index (χ0v) is 12.5. The summed E-state index contributed by atoms with van der Waals surface area (Å²) in [6.45, 7) is 0. The molecule has 0 amide bonds. The maximum Gasteiger partial charge on any atom is 0.258 e. The van der Waals surface area contributed by atoms with Crippen molar-refractivity contribution >= 4 is 26.8 Å². The third-order valence-electron chi connectivity index (χ3n) is 3.54. The Morgan fingerprint density at radius 1 is 1.25 bits per heavy atom. The lowest BCUT2D eigenvalue weighted by molar-refractivity contribution is 0.386. The van der Waals surface area contributed by atoms with Gasteiger partial charge in [0.25, 0.3) is 5.88 Å². The number of hydrogen-bond acceptors (Lipinski definition) is 3. The molecular weight excluding hydrogens is 320 g/mol. The molecule has 0 atom stereocenters. The minimum atomic E-state index is 0.523. The van der Waals surface area contributed by atoms with Crippen molar-refractivity contribution in [3.8, 4) is 11.6 Å². The molecule has 0 N–H and O–H groups in total. The fraction of sp³-hybridized carbons (Fsp3) is 0.286. The Bertz CT molecular complexity index is 788. The Kier molecular flexibility index (Phi) is 2.60. The van der Waals surface area contributed by atoms with Gasteiger partial charge in [0, 0.05) is 16.1 Å². The molecular formula is C14H13BrN4O. The van der Waals surface area contributed by atoms with Crippen molar-refractivity contribution < 1.29 is 4.74 Å². The molecule has 0 spiro atoms. The molecule has 20 heavy (non-hydrogen) atoms. The third kappa shape index (κ3) is 1.83. The average Bonchev–Trinajstić information content (AvgIpc) is 3.05. The SMILES string of the molecule is COc1nn(C2CC2)cc1-n1cc2c(Br)cccc2n1. The van der Waals surface area contributed by atoms with Crippen molar-refractivity contribution in [1.29, 1.82) is 0 Å². The number of ether oxygens (including phenoxy) is 1. The van der Waals surface area contributed by atoms with E-state index in [0.29, 0.717) is 11.9 Å². The van der Waals surface area contributed by atoms with Gasteiger partial charge in [-0.2, -0.15) is 5.10 Å². The fourth-order valence-electron chi connectivity index (χ4n) is 2.33. The first-order chi connectivity index (χ1) is 9.76. The van der Waals surface area contributed by atoms with Crippen LogP contribution in [0.15, 0.2) is 35.1 Å². The van der Waals surface area contributed by atoms with Crippen LogP contribution in [0.1, 0.15) is 18.9 Å². The van der Waals surface area contributed by atoms with Crippen LogP contribution < -0.4 is 4.74 Å². The normalized spacial score (nSPS) is 14.9. The lowest BCUT2D eigenvalue weighted by Gasteiger charge is -1.98. The van der Waals surface area contributed by atoms with E-state index in [9.17, 15) is 0 Å². The number of hydrogen-bond donors (Lipinski definition) is 0. The molecule has 2 aromatic heterocycles. The van der Waals surface area contributed by atoms with Gasteiger partial charge in [-0.25, -0.2) is 4.68 Å². The van der Waals surface area contributed by atoms with E-state index in [4.69, 9.17) is 4.74 Å². The van der Waals surface area contributed by atoms with Crippen LogP contribution in [0.3, 0.4) is 0 Å². The highest BCUT2D eigenvalue weighted by molar-refractivity contribution is 9.10. The van der Waals surface area contributed by atoms with Crippen LogP contribution in [0, 0.1) is 0 Å². The van der Waals surface area contributed by atoms with Gasteiger partial charge in [-0.3, -0.25) is 4.68 Å². The quantitative estimate of drug-likeness (QED) is 0.739. The Hall–Kier alpha value is -1.82. The first-order valence-corrected chi connectivity index (χ1v) is 7.33. The average molecular weight is 333 g/mol. The third-order valence-corrected chi connectivity index (χ3v) is 4.23. The molecule has 0 radical (unpaired) electrons. The standard InChI is InChI=1S/C14H13BrN4O/c1-20-14-13(8-18(17-14)9-5-6-9)19-7-10-11(15)3-2-4-12(10)16-19/h2-4,7-9H,5-6H2,1H3. The first-order valence-electron chi connectivity index (χ1n) is 6.53. The molecule has 2 heterocycles. The van der Waals surface area contributed by atoms with E-state index < -0.39 is 0 Å². The summed E-state index contributed by atoms with van der Waals surface area (Å²) >= 11 is 3.55. The van der Waals surface area contributed by atoms with Gasteiger partial charge in [-0.1, -0.05) is 22.0 Å². The summed E-state index contributed by atoms with van der Waals surface area (Å²) in [6.07, 6.45) is 6.39. The molecule has 1 fully saturated rings. The monoisotopic (exact) mass is 332 g/mol. The zero-order valence-electron chi connectivity index (χ0n) is 11.0. The van der Waals surface area contributed by atoms with Gasteiger partial charge in [-0.15, -0.1) is 5.10 Å². The zero-order chi connectivity index (χ0) is 13.7. The summed E-state index contributed by atoms with van der Waals surface area (Å²) in [7, 11) is 1.64. The Balaban J connectivity index is 1.87. The molecule has 0 bridgehead atoms.